The second-order valence-electron chi connectivity index (χ2n) is 9.00. The van der Waals surface area contributed by atoms with Crippen LogP contribution in [0.2, 0.25) is 0 Å². The van der Waals surface area contributed by atoms with Crippen molar-refractivity contribution in [2.45, 2.75) is 63.0 Å². The lowest BCUT2D eigenvalue weighted by Gasteiger charge is -2.40. The number of guanidine groups is 1. The van der Waals surface area contributed by atoms with Crippen LogP contribution in [0.25, 0.3) is 0 Å². The Hall–Kier alpha value is -1.55. The van der Waals surface area contributed by atoms with Crippen LogP contribution in [-0.4, -0.2) is 43.2 Å². The van der Waals surface area contributed by atoms with Crippen LogP contribution in [0, 0.1) is 0 Å². The van der Waals surface area contributed by atoms with E-state index in [9.17, 15) is 0 Å². The summed E-state index contributed by atoms with van der Waals surface area (Å²) in [6.45, 7) is 3.12. The first-order valence-electron chi connectivity index (χ1n) is 11.7. The predicted octanol–water partition coefficient (Wildman–Crippen LogP) is 4.91. The van der Waals surface area contributed by atoms with Crippen LogP contribution >= 0.6 is 35.3 Å². The minimum absolute atomic E-state index is 0. The number of para-hydroxylation sites is 1. The number of ether oxygens (including phenoxy) is 1. The van der Waals surface area contributed by atoms with Crippen LogP contribution < -0.4 is 20.3 Å². The minimum atomic E-state index is -0.0164. The highest BCUT2D eigenvalue weighted by atomic mass is 127. The van der Waals surface area contributed by atoms with Crippen molar-refractivity contribution in [3.8, 4) is 5.75 Å². The van der Waals surface area contributed by atoms with Crippen molar-refractivity contribution in [2.24, 2.45) is 4.99 Å². The summed E-state index contributed by atoms with van der Waals surface area (Å²) in [4.78, 5) is 11.7. The van der Waals surface area contributed by atoms with E-state index < -0.39 is 0 Å². The molecule has 1 spiro atoms. The average Bonchev–Trinajstić information content (AvgIpc) is 3.55. The van der Waals surface area contributed by atoms with Gasteiger partial charge in [-0.15, -0.1) is 35.3 Å². The first kappa shape index (κ1) is 23.6. The highest BCUT2D eigenvalue weighted by molar-refractivity contribution is 14.0. The lowest BCUT2D eigenvalue weighted by Crippen LogP contribution is -2.47. The molecule has 2 N–H and O–H groups in total. The van der Waals surface area contributed by atoms with Crippen molar-refractivity contribution in [2.75, 3.05) is 31.6 Å². The standard InChI is InChI=1S/C24H33N5OS.HI/c1-25-22(26-13-10-18-17-31-23(27-18)29-14-6-7-15-29)28-20-16-24(11-4-5-12-24)30-21-9-3-2-8-19(20)21;/h2-3,8-9,17,20H,4-7,10-16H2,1H3,(H2,25,26,28);1H. The van der Waals surface area contributed by atoms with E-state index in [1.165, 1.54) is 36.4 Å². The van der Waals surface area contributed by atoms with Crippen LogP contribution in [0.1, 0.15) is 62.2 Å². The molecule has 32 heavy (non-hydrogen) atoms. The number of thiazole rings is 1. The molecule has 1 saturated carbocycles. The van der Waals surface area contributed by atoms with Gasteiger partial charge in [0, 0.05) is 50.5 Å². The largest absolute Gasteiger partial charge is 0.487 e. The fourth-order valence-electron chi connectivity index (χ4n) is 5.21. The third kappa shape index (κ3) is 5.16. The molecule has 3 heterocycles. The lowest BCUT2D eigenvalue weighted by atomic mass is 9.86. The molecule has 6 nitrogen and oxygen atoms in total. The lowest BCUT2D eigenvalue weighted by molar-refractivity contribution is 0.0396. The van der Waals surface area contributed by atoms with Crippen LogP contribution in [0.4, 0.5) is 5.13 Å². The quantitative estimate of drug-likeness (QED) is 0.306. The first-order chi connectivity index (χ1) is 15.2. The van der Waals surface area contributed by atoms with Crippen LogP contribution in [0.15, 0.2) is 34.6 Å². The van der Waals surface area contributed by atoms with Gasteiger partial charge in [0.2, 0.25) is 0 Å². The van der Waals surface area contributed by atoms with Gasteiger partial charge in [-0.2, -0.15) is 0 Å². The molecule has 2 aromatic rings. The van der Waals surface area contributed by atoms with Crippen molar-refractivity contribution in [3.63, 3.8) is 0 Å². The third-order valence-electron chi connectivity index (χ3n) is 6.84. The van der Waals surface area contributed by atoms with E-state index in [4.69, 9.17) is 9.72 Å². The highest BCUT2D eigenvalue weighted by Gasteiger charge is 2.43. The SMILES string of the molecule is CN=C(NCCc1csc(N2CCCC2)n1)NC1CC2(CCCC2)Oc2ccccc21.I. The van der Waals surface area contributed by atoms with E-state index in [2.05, 4.69) is 50.2 Å². The van der Waals surface area contributed by atoms with Gasteiger partial charge in [-0.1, -0.05) is 18.2 Å². The summed E-state index contributed by atoms with van der Waals surface area (Å²) in [5.74, 6) is 1.88. The minimum Gasteiger partial charge on any atom is -0.487 e. The Morgan fingerprint density at radius 2 is 2.00 bits per heavy atom. The molecule has 1 aliphatic carbocycles. The monoisotopic (exact) mass is 567 g/mol. The van der Waals surface area contributed by atoms with Crippen molar-refractivity contribution < 1.29 is 4.74 Å². The number of anilines is 1. The van der Waals surface area contributed by atoms with Gasteiger partial charge in [0.15, 0.2) is 11.1 Å². The fraction of sp³-hybridized carbons (Fsp3) is 0.583. The topological polar surface area (TPSA) is 61.8 Å². The number of halogens is 1. The number of nitrogens with one attached hydrogen (secondary N) is 2. The Balaban J connectivity index is 0.00000245. The molecule has 1 aromatic heterocycles. The van der Waals surface area contributed by atoms with Crippen molar-refractivity contribution in [3.05, 3.63) is 40.9 Å². The fourth-order valence-corrected chi connectivity index (χ4v) is 6.12. The zero-order chi connectivity index (χ0) is 21.1. The molecule has 1 saturated heterocycles. The maximum Gasteiger partial charge on any atom is 0.191 e. The number of hydrogen-bond donors (Lipinski definition) is 2. The molecule has 1 unspecified atom stereocenters. The molecule has 1 aromatic carbocycles. The highest BCUT2D eigenvalue weighted by Crippen LogP contribution is 2.46. The Labute approximate surface area is 212 Å². The van der Waals surface area contributed by atoms with Gasteiger partial charge in [-0.3, -0.25) is 4.99 Å². The molecule has 174 valence electrons. The maximum absolute atomic E-state index is 6.50. The molecule has 0 bridgehead atoms. The second kappa shape index (κ2) is 10.6. The molecule has 2 aliphatic heterocycles. The van der Waals surface area contributed by atoms with E-state index in [0.29, 0.717) is 0 Å². The number of hydrogen-bond acceptors (Lipinski definition) is 5. The van der Waals surface area contributed by atoms with Gasteiger partial charge in [0.05, 0.1) is 11.7 Å². The molecule has 1 atom stereocenters. The number of aromatic nitrogens is 1. The van der Waals surface area contributed by atoms with Gasteiger partial charge >= 0.3 is 0 Å². The number of nitrogens with zero attached hydrogens (tertiary/aromatic N) is 3. The van der Waals surface area contributed by atoms with Crippen LogP contribution in [-0.2, 0) is 6.42 Å². The van der Waals surface area contributed by atoms with E-state index >= 15 is 0 Å². The molecule has 2 fully saturated rings. The molecule has 0 radical (unpaired) electrons. The van der Waals surface area contributed by atoms with E-state index in [-0.39, 0.29) is 35.6 Å². The Morgan fingerprint density at radius 3 is 2.78 bits per heavy atom. The van der Waals surface area contributed by atoms with Gasteiger partial charge in [-0.25, -0.2) is 4.98 Å². The zero-order valence-corrected chi connectivity index (χ0v) is 22.0. The maximum atomic E-state index is 6.50. The summed E-state index contributed by atoms with van der Waals surface area (Å²) in [5, 5.41) is 10.6. The summed E-state index contributed by atoms with van der Waals surface area (Å²) in [6, 6.07) is 8.67. The van der Waals surface area contributed by atoms with E-state index in [1.54, 1.807) is 11.3 Å². The summed E-state index contributed by atoms with van der Waals surface area (Å²) in [5.41, 5.74) is 2.38. The smallest absolute Gasteiger partial charge is 0.191 e. The van der Waals surface area contributed by atoms with Gasteiger partial charge in [0.25, 0.3) is 0 Å². The summed E-state index contributed by atoms with van der Waals surface area (Å²) >= 11 is 1.77. The number of benzene rings is 1. The summed E-state index contributed by atoms with van der Waals surface area (Å²) in [7, 11) is 1.85. The van der Waals surface area contributed by atoms with Crippen molar-refractivity contribution in [1.29, 1.82) is 0 Å². The summed E-state index contributed by atoms with van der Waals surface area (Å²) in [6.07, 6.45) is 9.28. The van der Waals surface area contributed by atoms with Crippen molar-refractivity contribution >= 4 is 46.4 Å². The van der Waals surface area contributed by atoms with Gasteiger partial charge in [0.1, 0.15) is 11.4 Å². The molecule has 8 heteroatoms. The Kier molecular flexibility index (Phi) is 7.81. The van der Waals surface area contributed by atoms with E-state index in [1.807, 2.05) is 7.05 Å². The zero-order valence-electron chi connectivity index (χ0n) is 18.8. The molecule has 5 rings (SSSR count). The molecule has 3 aliphatic rings. The van der Waals surface area contributed by atoms with Gasteiger partial charge in [-0.05, 0) is 44.6 Å². The normalized spacial score (nSPS) is 21.7. The average molecular weight is 568 g/mol. The van der Waals surface area contributed by atoms with Crippen molar-refractivity contribution in [1.82, 2.24) is 15.6 Å². The molecular weight excluding hydrogens is 533 g/mol. The van der Waals surface area contributed by atoms with Gasteiger partial charge < -0.3 is 20.3 Å². The Morgan fingerprint density at radius 1 is 1.22 bits per heavy atom. The molecular formula is C24H34IN5OS. The van der Waals surface area contributed by atoms with Crippen LogP contribution in [0.3, 0.4) is 0 Å². The Bertz CT molecular complexity index is 921. The predicted molar refractivity (Wildman–Crippen MR) is 143 cm³/mol. The summed E-state index contributed by atoms with van der Waals surface area (Å²) < 4.78 is 6.50. The first-order valence-corrected chi connectivity index (χ1v) is 12.6. The van der Waals surface area contributed by atoms with E-state index in [0.717, 1.165) is 62.7 Å². The number of rotatable bonds is 5. The second-order valence-corrected chi connectivity index (χ2v) is 9.83. The third-order valence-corrected chi connectivity index (χ3v) is 7.79. The van der Waals surface area contributed by atoms with Crippen LogP contribution in [0.5, 0.6) is 5.75 Å². The number of fused-ring (bicyclic) bond motifs is 1. The number of aliphatic imine (C=N–C) groups is 1. The molecule has 0 amide bonds.